The summed E-state index contributed by atoms with van der Waals surface area (Å²) in [5.41, 5.74) is 7.79. The fraction of sp³-hybridized carbons (Fsp3) is 0. The van der Waals surface area contributed by atoms with Gasteiger partial charge in [0.2, 0.25) is 0 Å². The van der Waals surface area contributed by atoms with Crippen molar-refractivity contribution in [1.29, 1.82) is 0 Å². The zero-order valence-electron chi connectivity index (χ0n) is 10.6. The van der Waals surface area contributed by atoms with Gasteiger partial charge in [0.25, 0.3) is 5.69 Å². The SMILES string of the molecule is Nc1cn(-c2cccc([N+](=O)[O-])c2)nc1-c1ccc(Br)s1. The van der Waals surface area contributed by atoms with Gasteiger partial charge in [-0.1, -0.05) is 6.07 Å². The number of benzene rings is 1. The van der Waals surface area contributed by atoms with Gasteiger partial charge in [-0.05, 0) is 34.1 Å². The summed E-state index contributed by atoms with van der Waals surface area (Å²) >= 11 is 4.92. The molecule has 2 heterocycles. The Morgan fingerprint density at radius 1 is 1.33 bits per heavy atom. The van der Waals surface area contributed by atoms with Crippen LogP contribution in [0.1, 0.15) is 0 Å². The minimum absolute atomic E-state index is 0.0157. The van der Waals surface area contributed by atoms with Crippen LogP contribution in [-0.4, -0.2) is 14.7 Å². The lowest BCUT2D eigenvalue weighted by Gasteiger charge is -2.00. The number of nitrogen functional groups attached to an aromatic ring is 1. The van der Waals surface area contributed by atoms with Gasteiger partial charge in [-0.15, -0.1) is 11.3 Å². The van der Waals surface area contributed by atoms with Crippen molar-refractivity contribution in [3.63, 3.8) is 0 Å². The monoisotopic (exact) mass is 364 g/mol. The zero-order valence-corrected chi connectivity index (χ0v) is 13.0. The van der Waals surface area contributed by atoms with Gasteiger partial charge in [0, 0.05) is 12.1 Å². The van der Waals surface area contributed by atoms with Crippen molar-refractivity contribution in [2.24, 2.45) is 0 Å². The van der Waals surface area contributed by atoms with Crippen LogP contribution >= 0.6 is 27.3 Å². The van der Waals surface area contributed by atoms with Gasteiger partial charge in [-0.2, -0.15) is 5.10 Å². The molecule has 21 heavy (non-hydrogen) atoms. The fourth-order valence-electron chi connectivity index (χ4n) is 1.90. The molecule has 3 rings (SSSR count). The third-order valence-electron chi connectivity index (χ3n) is 2.85. The number of thiophene rings is 1. The molecular weight excluding hydrogens is 356 g/mol. The normalized spacial score (nSPS) is 10.7. The second kappa shape index (κ2) is 5.30. The van der Waals surface area contributed by atoms with Crippen LogP contribution in [0.2, 0.25) is 0 Å². The lowest BCUT2D eigenvalue weighted by Crippen LogP contribution is -1.96. The van der Waals surface area contributed by atoms with Gasteiger partial charge >= 0.3 is 0 Å². The molecule has 106 valence electrons. The third kappa shape index (κ3) is 2.67. The van der Waals surface area contributed by atoms with E-state index in [9.17, 15) is 10.1 Å². The standard InChI is InChI=1S/C13H9BrN4O2S/c14-12-5-4-11(21-12)13-10(15)7-17(16-13)8-2-1-3-9(6-8)18(19)20/h1-7H,15H2. The molecule has 2 aromatic heterocycles. The minimum Gasteiger partial charge on any atom is -0.396 e. The fourth-order valence-corrected chi connectivity index (χ4v) is 3.29. The molecule has 6 nitrogen and oxygen atoms in total. The van der Waals surface area contributed by atoms with E-state index >= 15 is 0 Å². The quantitative estimate of drug-likeness (QED) is 0.564. The lowest BCUT2D eigenvalue weighted by molar-refractivity contribution is -0.384. The summed E-state index contributed by atoms with van der Waals surface area (Å²) in [6.45, 7) is 0. The molecule has 8 heteroatoms. The van der Waals surface area contributed by atoms with Gasteiger partial charge in [0.1, 0.15) is 5.69 Å². The molecule has 0 saturated carbocycles. The smallest absolute Gasteiger partial charge is 0.271 e. The van der Waals surface area contributed by atoms with E-state index in [1.54, 1.807) is 23.0 Å². The minimum atomic E-state index is -0.437. The molecule has 0 saturated heterocycles. The number of nitrogens with zero attached hydrogens (tertiary/aromatic N) is 3. The number of non-ortho nitro benzene ring substituents is 1. The Morgan fingerprint density at radius 3 is 2.81 bits per heavy atom. The van der Waals surface area contributed by atoms with E-state index in [-0.39, 0.29) is 5.69 Å². The maximum Gasteiger partial charge on any atom is 0.271 e. The van der Waals surface area contributed by atoms with Crippen LogP contribution < -0.4 is 5.73 Å². The maximum atomic E-state index is 10.8. The van der Waals surface area contributed by atoms with Gasteiger partial charge < -0.3 is 5.73 Å². The largest absolute Gasteiger partial charge is 0.396 e. The van der Waals surface area contributed by atoms with Crippen LogP contribution in [-0.2, 0) is 0 Å². The molecule has 1 aromatic carbocycles. The molecule has 0 aliphatic heterocycles. The van der Waals surface area contributed by atoms with Crippen molar-refractivity contribution in [2.45, 2.75) is 0 Å². The summed E-state index contributed by atoms with van der Waals surface area (Å²) in [4.78, 5) is 11.3. The van der Waals surface area contributed by atoms with Gasteiger partial charge in [0.05, 0.1) is 31.2 Å². The van der Waals surface area contributed by atoms with Crippen LogP contribution in [0.15, 0.2) is 46.4 Å². The Kier molecular flexibility index (Phi) is 3.48. The molecule has 2 N–H and O–H groups in total. The molecule has 0 spiro atoms. The van der Waals surface area contributed by atoms with Crippen LogP contribution in [0.5, 0.6) is 0 Å². The van der Waals surface area contributed by atoms with E-state index in [1.807, 2.05) is 12.1 Å². The summed E-state index contributed by atoms with van der Waals surface area (Å²) in [6.07, 6.45) is 1.65. The number of hydrogen-bond acceptors (Lipinski definition) is 5. The Labute approximate surface area is 132 Å². The van der Waals surface area contributed by atoms with Crippen LogP contribution in [0.25, 0.3) is 16.3 Å². The van der Waals surface area contributed by atoms with Gasteiger partial charge in [0.15, 0.2) is 0 Å². The summed E-state index contributed by atoms with van der Waals surface area (Å²) in [5, 5.41) is 15.3. The predicted molar refractivity (Wildman–Crippen MR) is 85.6 cm³/mol. The first kappa shape index (κ1) is 13.8. The Morgan fingerprint density at radius 2 is 2.14 bits per heavy atom. The van der Waals surface area contributed by atoms with Crippen molar-refractivity contribution in [2.75, 3.05) is 5.73 Å². The lowest BCUT2D eigenvalue weighted by atomic mass is 10.3. The first-order valence-corrected chi connectivity index (χ1v) is 7.51. The summed E-state index contributed by atoms with van der Waals surface area (Å²) in [5.74, 6) is 0. The summed E-state index contributed by atoms with van der Waals surface area (Å²) in [6, 6.07) is 10.1. The van der Waals surface area contributed by atoms with Crippen LogP contribution in [0.3, 0.4) is 0 Å². The van der Waals surface area contributed by atoms with Gasteiger partial charge in [-0.3, -0.25) is 10.1 Å². The summed E-state index contributed by atoms with van der Waals surface area (Å²) in [7, 11) is 0. The van der Waals surface area contributed by atoms with Crippen molar-refractivity contribution in [1.82, 2.24) is 9.78 Å². The number of rotatable bonds is 3. The van der Waals surface area contributed by atoms with Crippen molar-refractivity contribution >= 4 is 38.6 Å². The third-order valence-corrected chi connectivity index (χ3v) is 4.48. The first-order valence-electron chi connectivity index (χ1n) is 5.90. The second-order valence-corrected chi connectivity index (χ2v) is 6.72. The Bertz CT molecular complexity index is 827. The summed E-state index contributed by atoms with van der Waals surface area (Å²) < 4.78 is 2.53. The van der Waals surface area contributed by atoms with Crippen molar-refractivity contribution in [3.05, 3.63) is 56.5 Å². The van der Waals surface area contributed by atoms with Crippen molar-refractivity contribution < 1.29 is 4.92 Å². The van der Waals surface area contributed by atoms with Gasteiger partial charge in [-0.25, -0.2) is 4.68 Å². The molecule has 0 amide bonds. The highest BCUT2D eigenvalue weighted by Gasteiger charge is 2.13. The van der Waals surface area contributed by atoms with E-state index in [0.717, 1.165) is 8.66 Å². The van der Waals surface area contributed by atoms with E-state index in [2.05, 4.69) is 21.0 Å². The van der Waals surface area contributed by atoms with E-state index in [4.69, 9.17) is 5.73 Å². The maximum absolute atomic E-state index is 10.8. The van der Waals surface area contributed by atoms with E-state index in [0.29, 0.717) is 17.1 Å². The molecule has 0 atom stereocenters. The molecule has 0 fully saturated rings. The topological polar surface area (TPSA) is 87.0 Å². The number of nitro benzene ring substituents is 1. The Hall–Kier alpha value is -2.19. The zero-order chi connectivity index (χ0) is 15.0. The number of hydrogen-bond donors (Lipinski definition) is 1. The number of halogens is 1. The highest BCUT2D eigenvalue weighted by molar-refractivity contribution is 9.11. The molecule has 0 radical (unpaired) electrons. The number of nitro groups is 1. The second-order valence-electron chi connectivity index (χ2n) is 4.26. The number of nitrogens with two attached hydrogens (primary N) is 1. The van der Waals surface area contributed by atoms with Crippen LogP contribution in [0, 0.1) is 10.1 Å². The molecule has 0 aliphatic rings. The number of anilines is 1. The highest BCUT2D eigenvalue weighted by Crippen LogP contribution is 2.34. The predicted octanol–water partition coefficient (Wildman–Crippen LogP) is 3.85. The van der Waals surface area contributed by atoms with Crippen LogP contribution in [0.4, 0.5) is 11.4 Å². The molecule has 3 aromatic rings. The molecule has 0 bridgehead atoms. The average Bonchev–Trinajstić information content (AvgIpc) is 3.05. The molecular formula is C13H9BrN4O2S. The first-order chi connectivity index (χ1) is 10.0. The van der Waals surface area contributed by atoms with E-state index < -0.39 is 4.92 Å². The average molecular weight is 365 g/mol. The molecule has 0 unspecified atom stereocenters. The number of aromatic nitrogens is 2. The molecule has 0 aliphatic carbocycles. The highest BCUT2D eigenvalue weighted by atomic mass is 79.9. The van der Waals surface area contributed by atoms with E-state index in [1.165, 1.54) is 23.5 Å². The van der Waals surface area contributed by atoms with Crippen molar-refractivity contribution in [3.8, 4) is 16.3 Å². The Balaban J connectivity index is 2.05.